The van der Waals surface area contributed by atoms with Gasteiger partial charge in [-0.2, -0.15) is 0 Å². The number of carboxylic acid groups (broad SMARTS) is 1. The van der Waals surface area contributed by atoms with Gasteiger partial charge in [-0.3, -0.25) is 9.59 Å². The molecule has 2 aromatic rings. The number of fused-ring (bicyclic) bond motifs is 3. The van der Waals surface area contributed by atoms with E-state index in [1.54, 1.807) is 0 Å². The van der Waals surface area contributed by atoms with Crippen molar-refractivity contribution in [3.05, 3.63) is 59.7 Å². The summed E-state index contributed by atoms with van der Waals surface area (Å²) in [5.74, 6) is -1.28. The van der Waals surface area contributed by atoms with E-state index in [4.69, 9.17) is 9.84 Å². The first-order valence-electron chi connectivity index (χ1n) is 11.1. The van der Waals surface area contributed by atoms with E-state index in [0.717, 1.165) is 35.1 Å². The number of carboxylic acids is 1. The SMILES string of the molecule is CCCCC(NC(=O)OCC1c2ccccc2-c2ccccc21)C(=O)NCCCC(=O)O. The molecular weight excluding hydrogens is 408 g/mol. The molecule has 0 heterocycles. The number of ether oxygens (including phenoxy) is 1. The van der Waals surface area contributed by atoms with Crippen molar-refractivity contribution in [2.45, 2.75) is 51.0 Å². The minimum Gasteiger partial charge on any atom is -0.481 e. The summed E-state index contributed by atoms with van der Waals surface area (Å²) in [6.07, 6.45) is 1.85. The van der Waals surface area contributed by atoms with E-state index >= 15 is 0 Å². The Morgan fingerprint density at radius 1 is 1.00 bits per heavy atom. The van der Waals surface area contributed by atoms with Crippen LogP contribution in [0.3, 0.4) is 0 Å². The van der Waals surface area contributed by atoms with E-state index in [-0.39, 0.29) is 31.4 Å². The van der Waals surface area contributed by atoms with Gasteiger partial charge in [0.25, 0.3) is 0 Å². The Morgan fingerprint density at radius 3 is 2.22 bits per heavy atom. The topological polar surface area (TPSA) is 105 Å². The fourth-order valence-corrected chi connectivity index (χ4v) is 4.03. The van der Waals surface area contributed by atoms with Crippen LogP contribution in [0, 0.1) is 0 Å². The number of amides is 2. The van der Waals surface area contributed by atoms with Gasteiger partial charge < -0.3 is 20.5 Å². The van der Waals surface area contributed by atoms with E-state index in [0.29, 0.717) is 12.8 Å². The standard InChI is InChI=1S/C25H30N2O5/c1-2-3-13-22(24(30)26-15-8-14-23(28)29)27-25(31)32-16-21-19-11-6-4-9-17(19)18-10-5-7-12-20(18)21/h4-7,9-12,21-22H,2-3,8,13-16H2,1H3,(H,26,30)(H,27,31)(H,28,29). The lowest BCUT2D eigenvalue weighted by molar-refractivity contribution is -0.137. The second kappa shape index (κ2) is 11.3. The van der Waals surface area contributed by atoms with E-state index < -0.39 is 18.1 Å². The molecule has 0 aromatic heterocycles. The Bertz CT molecular complexity index is 913. The van der Waals surface area contributed by atoms with Gasteiger partial charge in [0.05, 0.1) is 0 Å². The predicted molar refractivity (Wildman–Crippen MR) is 121 cm³/mol. The Morgan fingerprint density at radius 2 is 1.62 bits per heavy atom. The molecule has 3 rings (SSSR count). The van der Waals surface area contributed by atoms with Crippen LogP contribution < -0.4 is 10.6 Å². The zero-order valence-corrected chi connectivity index (χ0v) is 18.3. The van der Waals surface area contributed by atoms with Crippen LogP contribution in [-0.2, 0) is 14.3 Å². The quantitative estimate of drug-likeness (QED) is 0.459. The fraction of sp³-hybridized carbons (Fsp3) is 0.400. The highest BCUT2D eigenvalue weighted by Gasteiger charge is 2.29. The van der Waals surface area contributed by atoms with Crippen LogP contribution in [0.4, 0.5) is 4.79 Å². The van der Waals surface area contributed by atoms with Gasteiger partial charge in [-0.25, -0.2) is 4.79 Å². The van der Waals surface area contributed by atoms with Crippen molar-refractivity contribution in [2.75, 3.05) is 13.2 Å². The summed E-state index contributed by atoms with van der Waals surface area (Å²) in [5.41, 5.74) is 4.55. The maximum absolute atomic E-state index is 12.5. The number of alkyl carbamates (subject to hydrolysis) is 1. The third-order valence-corrected chi connectivity index (χ3v) is 5.67. The molecule has 0 radical (unpaired) electrons. The summed E-state index contributed by atoms with van der Waals surface area (Å²) in [6, 6.07) is 15.5. The first kappa shape index (κ1) is 23.3. The molecule has 170 valence electrons. The van der Waals surface area contributed by atoms with Crippen molar-refractivity contribution in [1.82, 2.24) is 10.6 Å². The molecule has 0 saturated carbocycles. The van der Waals surface area contributed by atoms with Crippen molar-refractivity contribution in [1.29, 1.82) is 0 Å². The van der Waals surface area contributed by atoms with E-state index in [1.165, 1.54) is 0 Å². The Kier molecular flexibility index (Phi) is 8.25. The van der Waals surface area contributed by atoms with Crippen molar-refractivity contribution < 1.29 is 24.2 Å². The molecule has 1 aliphatic carbocycles. The highest BCUT2D eigenvalue weighted by molar-refractivity contribution is 5.85. The summed E-state index contributed by atoms with van der Waals surface area (Å²) < 4.78 is 5.55. The minimum atomic E-state index is -0.904. The smallest absolute Gasteiger partial charge is 0.407 e. The van der Waals surface area contributed by atoms with E-state index in [9.17, 15) is 14.4 Å². The molecule has 2 amide bonds. The van der Waals surface area contributed by atoms with Crippen molar-refractivity contribution >= 4 is 18.0 Å². The maximum Gasteiger partial charge on any atom is 0.407 e. The zero-order chi connectivity index (χ0) is 22.9. The van der Waals surface area contributed by atoms with Gasteiger partial charge in [0, 0.05) is 18.9 Å². The fourth-order valence-electron chi connectivity index (χ4n) is 4.03. The Balaban J connectivity index is 1.58. The zero-order valence-electron chi connectivity index (χ0n) is 18.3. The summed E-state index contributed by atoms with van der Waals surface area (Å²) in [6.45, 7) is 2.44. The van der Waals surface area contributed by atoms with Gasteiger partial charge in [-0.05, 0) is 35.1 Å². The normalized spacial score (nSPS) is 13.0. The average Bonchev–Trinajstić information content (AvgIpc) is 3.11. The number of nitrogens with one attached hydrogen (secondary N) is 2. The average molecular weight is 439 g/mol. The van der Waals surface area contributed by atoms with Gasteiger partial charge in [0.1, 0.15) is 12.6 Å². The van der Waals surface area contributed by atoms with Gasteiger partial charge in [0.2, 0.25) is 5.91 Å². The molecule has 32 heavy (non-hydrogen) atoms. The lowest BCUT2D eigenvalue weighted by atomic mass is 9.98. The monoisotopic (exact) mass is 438 g/mol. The molecule has 2 aromatic carbocycles. The number of hydrogen-bond donors (Lipinski definition) is 3. The van der Waals surface area contributed by atoms with Crippen LogP contribution in [0.2, 0.25) is 0 Å². The third kappa shape index (κ3) is 5.87. The van der Waals surface area contributed by atoms with Crippen LogP contribution in [0.15, 0.2) is 48.5 Å². The third-order valence-electron chi connectivity index (χ3n) is 5.67. The molecule has 7 nitrogen and oxygen atoms in total. The number of carbonyl (C=O) groups excluding carboxylic acids is 2. The number of carbonyl (C=O) groups is 3. The molecule has 1 aliphatic rings. The molecule has 0 aliphatic heterocycles. The van der Waals surface area contributed by atoms with Gasteiger partial charge in [-0.1, -0.05) is 68.3 Å². The summed E-state index contributed by atoms with van der Waals surface area (Å²) in [7, 11) is 0. The molecule has 0 bridgehead atoms. The molecule has 1 unspecified atom stereocenters. The lowest BCUT2D eigenvalue weighted by Gasteiger charge is -2.19. The van der Waals surface area contributed by atoms with Crippen LogP contribution >= 0.6 is 0 Å². The number of rotatable bonds is 11. The van der Waals surface area contributed by atoms with E-state index in [2.05, 4.69) is 34.9 Å². The van der Waals surface area contributed by atoms with E-state index in [1.807, 2.05) is 31.2 Å². The van der Waals surface area contributed by atoms with Crippen LogP contribution in [0.1, 0.15) is 56.1 Å². The van der Waals surface area contributed by atoms with Crippen LogP contribution in [-0.4, -0.2) is 42.3 Å². The number of unbranched alkanes of at least 4 members (excludes halogenated alkanes) is 1. The molecule has 0 saturated heterocycles. The van der Waals surface area contributed by atoms with Crippen LogP contribution in [0.25, 0.3) is 11.1 Å². The molecule has 1 atom stereocenters. The Labute approximate surface area is 188 Å². The number of aliphatic carboxylic acids is 1. The largest absolute Gasteiger partial charge is 0.481 e. The highest BCUT2D eigenvalue weighted by atomic mass is 16.5. The second-order valence-electron chi connectivity index (χ2n) is 7.95. The van der Waals surface area contributed by atoms with Crippen molar-refractivity contribution in [2.24, 2.45) is 0 Å². The molecular formula is C25H30N2O5. The highest BCUT2D eigenvalue weighted by Crippen LogP contribution is 2.44. The summed E-state index contributed by atoms with van der Waals surface area (Å²) in [5, 5.41) is 14.1. The summed E-state index contributed by atoms with van der Waals surface area (Å²) in [4.78, 5) is 35.6. The van der Waals surface area contributed by atoms with Gasteiger partial charge >= 0.3 is 12.1 Å². The minimum absolute atomic E-state index is 0.0142. The molecule has 0 spiro atoms. The molecule has 3 N–H and O–H groups in total. The second-order valence-corrected chi connectivity index (χ2v) is 7.95. The first-order chi connectivity index (χ1) is 15.5. The maximum atomic E-state index is 12.5. The number of benzene rings is 2. The van der Waals surface area contributed by atoms with Crippen molar-refractivity contribution in [3.8, 4) is 11.1 Å². The molecule has 7 heteroatoms. The van der Waals surface area contributed by atoms with Crippen molar-refractivity contribution in [3.63, 3.8) is 0 Å². The molecule has 0 fully saturated rings. The number of hydrogen-bond acceptors (Lipinski definition) is 4. The first-order valence-corrected chi connectivity index (χ1v) is 11.1. The van der Waals surface area contributed by atoms with Gasteiger partial charge in [-0.15, -0.1) is 0 Å². The van der Waals surface area contributed by atoms with Gasteiger partial charge in [0.15, 0.2) is 0 Å². The predicted octanol–water partition coefficient (Wildman–Crippen LogP) is 4.06. The lowest BCUT2D eigenvalue weighted by Crippen LogP contribution is -2.47. The Hall–Kier alpha value is -3.35. The summed E-state index contributed by atoms with van der Waals surface area (Å²) >= 11 is 0. The van der Waals surface area contributed by atoms with Crippen LogP contribution in [0.5, 0.6) is 0 Å².